The number of halogens is 8. The summed E-state index contributed by atoms with van der Waals surface area (Å²) < 4.78 is 93.8. The molecule has 6 aromatic rings. The number of nitrogens with zero attached hydrogens (tertiary/aromatic N) is 8. The molecule has 2 aliphatic rings. The Morgan fingerprint density at radius 3 is 1.46 bits per heavy atom. The lowest BCUT2D eigenvalue weighted by atomic mass is 10.1. The van der Waals surface area contributed by atoms with Gasteiger partial charge in [0.05, 0.1) is 46.7 Å². The summed E-state index contributed by atoms with van der Waals surface area (Å²) >= 11 is 3.39. The summed E-state index contributed by atoms with van der Waals surface area (Å²) in [6, 6.07) is 11.9. The van der Waals surface area contributed by atoms with E-state index in [9.17, 15) is 40.3 Å². The topological polar surface area (TPSA) is 128 Å². The highest BCUT2D eigenvalue weighted by molar-refractivity contribution is 9.08. The smallest absolute Gasteiger partial charge is 0.416 e. The Labute approximate surface area is 406 Å². The van der Waals surface area contributed by atoms with Gasteiger partial charge in [-0.3, -0.25) is 23.9 Å². The van der Waals surface area contributed by atoms with Crippen molar-refractivity contribution in [3.63, 3.8) is 0 Å². The minimum Gasteiger partial charge on any atom is -1.51 e. The monoisotopic (exact) mass is 1040 g/mol. The summed E-state index contributed by atoms with van der Waals surface area (Å²) in [7, 11) is 0. The Morgan fingerprint density at radius 1 is 0.657 bits per heavy atom. The Morgan fingerprint density at radius 2 is 1.06 bits per heavy atom. The highest BCUT2D eigenvalue weighted by atomic mass is 79.9. The van der Waals surface area contributed by atoms with Gasteiger partial charge < -0.3 is 25.4 Å². The number of carbonyl (C=O) groups excluding carboxylic acids is 2. The molecule has 8 rings (SSSR count). The van der Waals surface area contributed by atoms with Crippen molar-refractivity contribution in [1.82, 2.24) is 29.5 Å². The fraction of sp³-hybridized carbons (Fsp3) is 0.244. The first-order chi connectivity index (χ1) is 30.4. The first kappa shape index (κ1) is 53.8. The third-order valence-corrected chi connectivity index (χ3v) is 10.9. The number of pyridine rings is 2. The van der Waals surface area contributed by atoms with Gasteiger partial charge in [0, 0.05) is 64.6 Å². The molecule has 2 aliphatic heterocycles. The molecule has 2 amide bonds. The Hall–Kier alpha value is -5.86. The molecule has 0 saturated heterocycles. The number of benzene rings is 2. The van der Waals surface area contributed by atoms with Crippen molar-refractivity contribution in [2.75, 3.05) is 28.6 Å². The fourth-order valence-electron chi connectivity index (χ4n) is 7.06. The zero-order valence-electron chi connectivity index (χ0n) is 35.6. The number of aryl methyl sites for hydroxylation is 1. The predicted octanol–water partition coefficient (Wildman–Crippen LogP) is 9.91. The summed E-state index contributed by atoms with van der Waals surface area (Å²) in [6.07, 6.45) is -2.87. The zero-order valence-corrected chi connectivity index (χ0v) is 40.1. The zero-order chi connectivity index (χ0) is 46.1. The van der Waals surface area contributed by atoms with Crippen LogP contribution in [0, 0.1) is 30.6 Å². The highest BCUT2D eigenvalue weighted by Gasteiger charge is 2.36. The highest BCUT2D eigenvalue weighted by Crippen LogP contribution is 2.35. The standard InChI is InChI=1S/C23H18F4N4O.C22H17BrF3N5O.HP.2H2S/c1-14-9-18(10-24)16(11-28-14)3-4-17-12-29-31-15(2)13-30(22(32)21(17)31)20-7-5-19(6-8-20)23(25,26)27;1-13-12-30(18-6-4-17(5-7-18)22(24,25)26)21(32)20-15(11-29-31(13)20)3-2-14-10-28-19(27)8-16(14)9-23;;;/h5-9,11-12,15H,10,13H2,1-2H3;4-8,10-11,13H,9,12H2,1H3,(H2,27,28);1H;2*1H2/q;;-2;;/t15-;13-;;;/m00.../s1/i24-1;;;;. The summed E-state index contributed by atoms with van der Waals surface area (Å²) in [4.78, 5) is 37.5. The van der Waals surface area contributed by atoms with Gasteiger partial charge in [0.15, 0.2) is 0 Å². The summed E-state index contributed by atoms with van der Waals surface area (Å²) in [6.45, 7) is 5.31. The van der Waals surface area contributed by atoms with E-state index in [1.807, 2.05) is 13.8 Å². The van der Waals surface area contributed by atoms with Crippen molar-refractivity contribution in [1.29, 1.82) is 0 Å². The van der Waals surface area contributed by atoms with Crippen molar-refractivity contribution in [2.24, 2.45) is 0 Å². The van der Waals surface area contributed by atoms with Crippen LogP contribution in [0.5, 0.6) is 0 Å². The van der Waals surface area contributed by atoms with Crippen LogP contribution < -0.4 is 15.5 Å². The van der Waals surface area contributed by atoms with Crippen LogP contribution in [0.25, 0.3) is 0 Å². The number of nitrogens with two attached hydrogens (primary N) is 1. The largest absolute Gasteiger partial charge is 1.51 e. The number of amides is 2. The van der Waals surface area contributed by atoms with Gasteiger partial charge in [0.1, 0.15) is 23.9 Å². The Balaban J connectivity index is 0.000000280. The van der Waals surface area contributed by atoms with Crippen molar-refractivity contribution in [3.8, 4) is 23.7 Å². The van der Waals surface area contributed by atoms with E-state index >= 15 is 0 Å². The van der Waals surface area contributed by atoms with Gasteiger partial charge in [0.2, 0.25) is 0 Å². The maximum atomic E-state index is 13.3. The molecule has 0 radical (unpaired) electrons. The molecule has 352 valence electrons. The molecule has 67 heavy (non-hydrogen) atoms. The van der Waals surface area contributed by atoms with Gasteiger partial charge in [-0.2, -0.15) is 63.5 Å². The maximum absolute atomic E-state index is 13.3. The molecule has 2 atom stereocenters. The van der Waals surface area contributed by atoms with E-state index in [0.717, 1.165) is 29.8 Å². The van der Waals surface area contributed by atoms with Crippen molar-refractivity contribution in [2.45, 2.75) is 57.2 Å². The van der Waals surface area contributed by atoms with E-state index in [4.69, 9.17) is 5.73 Å². The maximum Gasteiger partial charge on any atom is 0.416 e. The van der Waals surface area contributed by atoms with Crippen LogP contribution in [-0.2, 0) is 24.4 Å². The Kier molecular flexibility index (Phi) is 17.5. The number of nitrogen functional groups attached to an aromatic ring is 1. The molecule has 4 aromatic heterocycles. The third-order valence-electron chi connectivity index (χ3n) is 10.3. The van der Waals surface area contributed by atoms with Crippen molar-refractivity contribution < 1.29 is 40.3 Å². The molecule has 2 N–H and O–H groups in total. The molecule has 0 fully saturated rings. The molecule has 0 unspecified atom stereocenters. The Bertz CT molecular complexity index is 2690. The van der Waals surface area contributed by atoms with E-state index in [-0.39, 0.29) is 73.7 Å². The quantitative estimate of drug-likeness (QED) is 0.0806. The minimum atomic E-state index is -4.46. The normalized spacial score (nSPS) is 15.1. The van der Waals surface area contributed by atoms with Gasteiger partial charge in [0.25, 0.3) is 11.8 Å². The lowest BCUT2D eigenvalue weighted by Gasteiger charge is -2.32. The van der Waals surface area contributed by atoms with Gasteiger partial charge in [-0.1, -0.05) is 39.6 Å². The number of rotatable bonds is 4. The SMILES string of the molecule is C[C@H]1CN(c2ccc(C(F)(F)F)cc2)C(=O)c2c(C#Cc3cnc(N)cc3CBr)cnn21.Cc1cc(C[18F])c(C#Cc2cnn3c2C(=O)N(c2ccc(C(F)(F)F)cc2)C[C@@H]3C)cn1.S.S.[PH-2]. The van der Waals surface area contributed by atoms with Gasteiger partial charge in [-0.25, -0.2) is 9.37 Å². The van der Waals surface area contributed by atoms with Crippen molar-refractivity contribution >= 4 is 81.8 Å². The van der Waals surface area contributed by atoms with Gasteiger partial charge in [-0.15, -0.1) is 0 Å². The molecule has 0 bridgehead atoms. The predicted molar refractivity (Wildman–Crippen MR) is 256 cm³/mol. The molecule has 0 spiro atoms. The molecule has 11 nitrogen and oxygen atoms in total. The number of alkyl halides is 8. The van der Waals surface area contributed by atoms with Crippen LogP contribution >= 0.6 is 52.8 Å². The summed E-state index contributed by atoms with van der Waals surface area (Å²) in [5.41, 5.74) is 9.19. The molecule has 0 aliphatic carbocycles. The third kappa shape index (κ3) is 11.6. The molecule has 0 saturated carbocycles. The average Bonchev–Trinajstić information content (AvgIpc) is 3.91. The van der Waals surface area contributed by atoms with Gasteiger partial charge in [-0.05, 0) is 87.0 Å². The average molecular weight is 1050 g/mol. The second kappa shape index (κ2) is 21.8. The number of aromatic nitrogens is 6. The second-order valence-corrected chi connectivity index (χ2v) is 15.4. The fourth-order valence-corrected chi connectivity index (χ4v) is 7.52. The number of carbonyl (C=O) groups is 2. The number of hydrogen-bond acceptors (Lipinski definition) is 7. The van der Waals surface area contributed by atoms with E-state index in [1.165, 1.54) is 52.7 Å². The first-order valence-corrected chi connectivity index (χ1v) is 20.5. The molecule has 2 aromatic carbocycles. The lowest BCUT2D eigenvalue weighted by molar-refractivity contribution is -0.138. The summed E-state index contributed by atoms with van der Waals surface area (Å²) in [5, 5.41) is 9.10. The van der Waals surface area contributed by atoms with Crippen LogP contribution in [0.4, 0.5) is 47.9 Å². The molecule has 6 heterocycles. The number of anilines is 3. The van der Waals surface area contributed by atoms with Crippen LogP contribution in [0.3, 0.4) is 0 Å². The van der Waals surface area contributed by atoms with Gasteiger partial charge >= 0.3 is 12.4 Å². The van der Waals surface area contributed by atoms with Crippen LogP contribution in [0.15, 0.2) is 85.5 Å². The molecule has 22 heteroatoms. The van der Waals surface area contributed by atoms with E-state index in [2.05, 4.69) is 59.8 Å². The molecular formula is C45H40BrF7N9O2PS2-2. The van der Waals surface area contributed by atoms with Crippen LogP contribution in [0.1, 0.15) is 97.1 Å². The van der Waals surface area contributed by atoms with Crippen molar-refractivity contribution in [3.05, 3.63) is 147 Å². The van der Waals surface area contributed by atoms with E-state index in [0.29, 0.717) is 61.7 Å². The van der Waals surface area contributed by atoms with Crippen LogP contribution in [0.2, 0.25) is 0 Å². The number of fused-ring (bicyclic) bond motifs is 2. The summed E-state index contributed by atoms with van der Waals surface area (Å²) in [5.74, 6) is 11.3. The lowest BCUT2D eigenvalue weighted by Crippen LogP contribution is -2.43. The van der Waals surface area contributed by atoms with Crippen LogP contribution in [-0.4, -0.2) is 54.4 Å². The van der Waals surface area contributed by atoms with E-state index in [1.54, 1.807) is 34.6 Å². The molecular weight excluding hydrogens is 1010 g/mol. The second-order valence-electron chi connectivity index (χ2n) is 14.8. The van der Waals surface area contributed by atoms with E-state index < -0.39 is 36.1 Å². The first-order valence-electron chi connectivity index (χ1n) is 19.4. The minimum absolute atomic E-state index is 0. The number of hydrogen-bond donors (Lipinski definition) is 1.